The lowest BCUT2D eigenvalue weighted by molar-refractivity contribution is -0.296. The van der Waals surface area contributed by atoms with E-state index in [0.29, 0.717) is 0 Å². The van der Waals surface area contributed by atoms with Crippen molar-refractivity contribution in [3.63, 3.8) is 0 Å². The fourth-order valence-corrected chi connectivity index (χ4v) is 2.06. The summed E-state index contributed by atoms with van der Waals surface area (Å²) in [5.74, 6) is -2.96. The van der Waals surface area contributed by atoms with Gasteiger partial charge < -0.3 is 44.1 Å². The summed E-state index contributed by atoms with van der Waals surface area (Å²) in [6.45, 7) is -0.205. The maximum Gasteiger partial charge on any atom is 0.342 e. The highest BCUT2D eigenvalue weighted by molar-refractivity contribution is 5.76. The predicted octanol–water partition coefficient (Wildman–Crippen LogP) is -3.42. The number of carbonyl (C=O) groups is 3. The number of carbonyl (C=O) groups excluding carboxylic acids is 2. The van der Waals surface area contributed by atoms with Gasteiger partial charge in [0.15, 0.2) is 18.5 Å². The topological polar surface area (TPSA) is 178 Å². The minimum absolute atomic E-state index is 0.205. The van der Waals surface area contributed by atoms with Crippen LogP contribution in [-0.4, -0.2) is 96.2 Å². The van der Waals surface area contributed by atoms with E-state index in [1.807, 2.05) is 0 Å². The summed E-state index contributed by atoms with van der Waals surface area (Å²) in [5, 5.41) is 37.9. The first-order valence-electron chi connectivity index (χ1n) is 6.56. The molecule has 0 bridgehead atoms. The molecule has 7 atom stereocenters. The molecule has 0 saturated carbocycles. The van der Waals surface area contributed by atoms with Gasteiger partial charge in [-0.2, -0.15) is 0 Å². The lowest BCUT2D eigenvalue weighted by atomic mass is 9.98. The van der Waals surface area contributed by atoms with Gasteiger partial charge in [-0.1, -0.05) is 0 Å². The van der Waals surface area contributed by atoms with E-state index < -0.39 is 55.0 Å². The van der Waals surface area contributed by atoms with E-state index in [1.165, 1.54) is 0 Å². The molecule has 1 fully saturated rings. The van der Waals surface area contributed by atoms with Crippen LogP contribution in [0.5, 0.6) is 0 Å². The molecule has 12 heteroatoms. The summed E-state index contributed by atoms with van der Waals surface area (Å²) >= 11 is 0. The number of hydrogen-bond acceptors (Lipinski definition) is 11. The first-order chi connectivity index (χ1) is 11.3. The Morgan fingerprint density at radius 3 is 2.25 bits per heavy atom. The van der Waals surface area contributed by atoms with Gasteiger partial charge in [0.2, 0.25) is 12.4 Å². The van der Waals surface area contributed by atoms with Crippen molar-refractivity contribution >= 4 is 18.4 Å². The summed E-state index contributed by atoms with van der Waals surface area (Å²) in [5.41, 5.74) is 0. The zero-order chi connectivity index (χ0) is 18.4. The highest BCUT2D eigenvalue weighted by atomic mass is 16.7. The summed E-state index contributed by atoms with van der Waals surface area (Å²) in [6, 6.07) is 0. The molecule has 0 radical (unpaired) electrons. The molecule has 12 nitrogen and oxygen atoms in total. The van der Waals surface area contributed by atoms with Crippen molar-refractivity contribution in [1.29, 1.82) is 0 Å². The maximum absolute atomic E-state index is 11.8. The number of aliphatic hydroxyl groups excluding tert-OH is 3. The number of carboxylic acid groups (broad SMARTS) is 1. The van der Waals surface area contributed by atoms with Crippen LogP contribution in [0.2, 0.25) is 0 Å². The number of aliphatic carboxylic acids is 1. The Morgan fingerprint density at radius 1 is 1.17 bits per heavy atom. The monoisotopic (exact) mass is 354 g/mol. The Labute approximate surface area is 135 Å². The van der Waals surface area contributed by atoms with E-state index in [-0.39, 0.29) is 6.47 Å². The Balaban J connectivity index is 2.96. The van der Waals surface area contributed by atoms with Gasteiger partial charge in [0.05, 0.1) is 0 Å². The van der Waals surface area contributed by atoms with Gasteiger partial charge in [-0.05, 0) is 0 Å². The molecule has 4 N–H and O–H groups in total. The fraction of sp³-hybridized carbons (Fsp3) is 0.750. The second-order valence-electron chi connectivity index (χ2n) is 4.66. The Kier molecular flexibility index (Phi) is 7.47. The van der Waals surface area contributed by atoms with Gasteiger partial charge in [0, 0.05) is 14.2 Å². The van der Waals surface area contributed by atoms with E-state index >= 15 is 0 Å². The van der Waals surface area contributed by atoms with Crippen molar-refractivity contribution in [2.24, 2.45) is 0 Å². The van der Waals surface area contributed by atoms with Gasteiger partial charge in [-0.3, -0.25) is 4.79 Å². The van der Waals surface area contributed by atoms with E-state index in [2.05, 4.69) is 4.74 Å². The number of methoxy groups -OCH3 is 2. The third-order valence-electron chi connectivity index (χ3n) is 3.23. The molecule has 1 heterocycles. The van der Waals surface area contributed by atoms with E-state index in [0.717, 1.165) is 14.2 Å². The van der Waals surface area contributed by atoms with Crippen molar-refractivity contribution in [2.45, 2.75) is 43.1 Å². The minimum Gasteiger partial charge on any atom is -0.479 e. The van der Waals surface area contributed by atoms with Gasteiger partial charge in [-0.15, -0.1) is 0 Å². The highest BCUT2D eigenvalue weighted by Gasteiger charge is 2.51. The van der Waals surface area contributed by atoms with Crippen molar-refractivity contribution in [1.82, 2.24) is 0 Å². The molecule has 0 aromatic carbocycles. The second kappa shape index (κ2) is 8.86. The minimum atomic E-state index is -2.29. The number of hydrogen-bond donors (Lipinski definition) is 4. The Bertz CT molecular complexity index is 453. The van der Waals surface area contributed by atoms with Crippen molar-refractivity contribution in [2.75, 3.05) is 14.2 Å². The molecule has 0 amide bonds. The van der Waals surface area contributed by atoms with Crippen LogP contribution < -0.4 is 0 Å². The van der Waals surface area contributed by atoms with Crippen LogP contribution in [0.4, 0.5) is 0 Å². The molecule has 5 unspecified atom stereocenters. The summed E-state index contributed by atoms with van der Waals surface area (Å²) in [4.78, 5) is 33.1. The van der Waals surface area contributed by atoms with Crippen LogP contribution in [0, 0.1) is 0 Å². The quantitative estimate of drug-likeness (QED) is 0.193. The van der Waals surface area contributed by atoms with Crippen molar-refractivity contribution in [3.8, 4) is 0 Å². The maximum atomic E-state index is 11.8. The Morgan fingerprint density at radius 2 is 1.79 bits per heavy atom. The zero-order valence-electron chi connectivity index (χ0n) is 12.7. The summed E-state index contributed by atoms with van der Waals surface area (Å²) in [6.07, 6.45) is -12.3. The van der Waals surface area contributed by atoms with E-state index in [1.54, 1.807) is 0 Å². The zero-order valence-corrected chi connectivity index (χ0v) is 12.7. The Hall–Kier alpha value is -1.83. The molecule has 1 aliphatic heterocycles. The predicted molar refractivity (Wildman–Crippen MR) is 69.2 cm³/mol. The molecule has 138 valence electrons. The highest BCUT2D eigenvalue weighted by Crippen LogP contribution is 2.26. The lowest BCUT2D eigenvalue weighted by Crippen LogP contribution is -2.62. The van der Waals surface area contributed by atoms with E-state index in [4.69, 9.17) is 24.1 Å². The van der Waals surface area contributed by atoms with Gasteiger partial charge in [-0.25, -0.2) is 9.59 Å². The van der Waals surface area contributed by atoms with Crippen molar-refractivity contribution in [3.05, 3.63) is 0 Å². The van der Waals surface area contributed by atoms with Gasteiger partial charge >= 0.3 is 11.9 Å². The van der Waals surface area contributed by atoms with Crippen LogP contribution in [0.1, 0.15) is 0 Å². The van der Waals surface area contributed by atoms with Crippen LogP contribution in [0.15, 0.2) is 0 Å². The van der Waals surface area contributed by atoms with Gasteiger partial charge in [0.25, 0.3) is 6.47 Å². The third-order valence-corrected chi connectivity index (χ3v) is 3.23. The van der Waals surface area contributed by atoms with E-state index in [9.17, 15) is 29.7 Å². The molecular formula is C12H18O12. The average Bonchev–Trinajstić information content (AvgIpc) is 2.55. The van der Waals surface area contributed by atoms with Crippen LogP contribution in [0.3, 0.4) is 0 Å². The number of aliphatic hydroxyl groups is 3. The molecule has 0 aromatic rings. The number of ether oxygens (including phenoxy) is 5. The smallest absolute Gasteiger partial charge is 0.342 e. The van der Waals surface area contributed by atoms with Crippen LogP contribution >= 0.6 is 0 Å². The van der Waals surface area contributed by atoms with Crippen LogP contribution in [0.25, 0.3) is 0 Å². The fourth-order valence-electron chi connectivity index (χ4n) is 2.06. The average molecular weight is 354 g/mol. The van der Waals surface area contributed by atoms with Gasteiger partial charge in [0.1, 0.15) is 12.2 Å². The SMILES string of the molecule is COC1OC(C(=O)O)C(OC)C(OC(=O)[C@H](O)[C@@H](O)OC=O)C1O. The first-order valence-corrected chi connectivity index (χ1v) is 6.56. The van der Waals surface area contributed by atoms with Crippen LogP contribution in [-0.2, 0) is 38.1 Å². The molecule has 0 spiro atoms. The molecule has 0 aliphatic carbocycles. The largest absolute Gasteiger partial charge is 0.479 e. The molecule has 24 heavy (non-hydrogen) atoms. The molecule has 1 saturated heterocycles. The first kappa shape index (κ1) is 20.2. The molecular weight excluding hydrogens is 336 g/mol. The lowest BCUT2D eigenvalue weighted by Gasteiger charge is -2.41. The molecule has 1 rings (SSSR count). The summed E-state index contributed by atoms with van der Waals surface area (Å²) in [7, 11) is 2.21. The third kappa shape index (κ3) is 4.37. The number of rotatable bonds is 8. The molecule has 0 aromatic heterocycles. The second-order valence-corrected chi connectivity index (χ2v) is 4.66. The molecule has 1 aliphatic rings. The summed E-state index contributed by atoms with van der Waals surface area (Å²) < 4.78 is 23.5. The number of esters is 1. The standard InChI is InChI=1S/C12H18O12/c1-20-7-6(23-11(19)5(15)10(18)22-3-13)4(14)12(21-2)24-8(7)9(16)17/h3-8,10,12,14-15,18H,1-2H3,(H,16,17)/t4?,5-,6?,7?,8?,10+,12?/m1/s1. The number of carboxylic acids is 1. The van der Waals surface area contributed by atoms with Crippen molar-refractivity contribution < 1.29 is 58.5 Å². The normalized spacial score (nSPS) is 32.5.